The average molecular weight is 209 g/mol. The molecule has 0 spiro atoms. The molecular formula is C11H15NO3. The van der Waals surface area contributed by atoms with Crippen molar-refractivity contribution in [2.45, 2.75) is 25.3 Å². The lowest BCUT2D eigenvalue weighted by molar-refractivity contribution is -0.140. The highest BCUT2D eigenvalue weighted by Gasteiger charge is 2.35. The van der Waals surface area contributed by atoms with Gasteiger partial charge in [0.15, 0.2) is 0 Å². The second kappa shape index (κ2) is 3.90. The van der Waals surface area contributed by atoms with E-state index in [4.69, 9.17) is 10.8 Å². The van der Waals surface area contributed by atoms with Gasteiger partial charge in [0.1, 0.15) is 11.8 Å². The Bertz CT molecular complexity index is 374. The number of carboxylic acids is 1. The first kappa shape index (κ1) is 11.5. The van der Waals surface area contributed by atoms with Crippen LogP contribution in [0.2, 0.25) is 0 Å². The standard InChI is InChI=1S/C11H15NO3/c1-11(2,9(12)10(14)15)7-5-3-4-6-8(7)13/h3-6,9,13H,12H2,1-2H3,(H,14,15). The number of rotatable bonds is 3. The van der Waals surface area contributed by atoms with E-state index in [0.717, 1.165) is 0 Å². The molecule has 0 aliphatic rings. The van der Waals surface area contributed by atoms with Crippen LogP contribution in [0.15, 0.2) is 24.3 Å². The first-order chi connectivity index (χ1) is 6.87. The largest absolute Gasteiger partial charge is 0.508 e. The van der Waals surface area contributed by atoms with Crippen LogP contribution in [0, 0.1) is 0 Å². The third-order valence-corrected chi connectivity index (χ3v) is 2.64. The maximum absolute atomic E-state index is 10.8. The summed E-state index contributed by atoms with van der Waals surface area (Å²) in [5.41, 5.74) is 5.32. The molecule has 0 aliphatic carbocycles. The van der Waals surface area contributed by atoms with Crippen LogP contribution < -0.4 is 5.73 Å². The molecule has 15 heavy (non-hydrogen) atoms. The van der Waals surface area contributed by atoms with Crippen molar-refractivity contribution in [2.75, 3.05) is 0 Å². The Kier molecular flexibility index (Phi) is 3.00. The van der Waals surface area contributed by atoms with Crippen molar-refractivity contribution in [3.8, 4) is 5.75 Å². The molecule has 4 heteroatoms. The minimum Gasteiger partial charge on any atom is -0.508 e. The first-order valence-electron chi connectivity index (χ1n) is 4.64. The molecular weight excluding hydrogens is 194 g/mol. The highest BCUT2D eigenvalue weighted by atomic mass is 16.4. The summed E-state index contributed by atoms with van der Waals surface area (Å²) < 4.78 is 0. The zero-order valence-electron chi connectivity index (χ0n) is 8.77. The number of benzene rings is 1. The highest BCUT2D eigenvalue weighted by molar-refractivity contribution is 5.76. The van der Waals surface area contributed by atoms with Crippen LogP contribution in [0.4, 0.5) is 0 Å². The van der Waals surface area contributed by atoms with E-state index in [1.165, 1.54) is 6.07 Å². The number of para-hydroxylation sites is 1. The Morgan fingerprint density at radius 2 is 1.93 bits per heavy atom. The number of phenols is 1. The van der Waals surface area contributed by atoms with Gasteiger partial charge in [0, 0.05) is 11.0 Å². The molecule has 1 unspecified atom stereocenters. The van der Waals surface area contributed by atoms with Crippen LogP contribution in [-0.4, -0.2) is 22.2 Å². The lowest BCUT2D eigenvalue weighted by Crippen LogP contribution is -2.46. The van der Waals surface area contributed by atoms with Gasteiger partial charge in [-0.3, -0.25) is 4.79 Å². The van der Waals surface area contributed by atoms with Gasteiger partial charge < -0.3 is 15.9 Å². The topological polar surface area (TPSA) is 83.5 Å². The lowest BCUT2D eigenvalue weighted by atomic mass is 9.77. The molecule has 4 nitrogen and oxygen atoms in total. The summed E-state index contributed by atoms with van der Waals surface area (Å²) in [5, 5.41) is 18.5. The van der Waals surface area contributed by atoms with Crippen LogP contribution in [0.5, 0.6) is 5.75 Å². The van der Waals surface area contributed by atoms with Crippen molar-refractivity contribution in [2.24, 2.45) is 5.73 Å². The van der Waals surface area contributed by atoms with Gasteiger partial charge in [-0.25, -0.2) is 0 Å². The third-order valence-electron chi connectivity index (χ3n) is 2.64. The van der Waals surface area contributed by atoms with E-state index >= 15 is 0 Å². The fraction of sp³-hybridized carbons (Fsp3) is 0.364. The smallest absolute Gasteiger partial charge is 0.321 e. The molecule has 0 heterocycles. The van der Waals surface area contributed by atoms with Gasteiger partial charge in [0.2, 0.25) is 0 Å². The van der Waals surface area contributed by atoms with E-state index in [-0.39, 0.29) is 5.75 Å². The van der Waals surface area contributed by atoms with Crippen LogP contribution in [0.25, 0.3) is 0 Å². The molecule has 0 radical (unpaired) electrons. The Hall–Kier alpha value is -1.55. The Labute approximate surface area is 88.3 Å². The van der Waals surface area contributed by atoms with E-state index in [1.54, 1.807) is 32.0 Å². The summed E-state index contributed by atoms with van der Waals surface area (Å²) in [6, 6.07) is 5.57. The molecule has 1 rings (SSSR count). The molecule has 0 saturated heterocycles. The SMILES string of the molecule is CC(C)(c1ccccc1O)C(N)C(=O)O. The van der Waals surface area contributed by atoms with Crippen molar-refractivity contribution >= 4 is 5.97 Å². The Balaban J connectivity index is 3.16. The van der Waals surface area contributed by atoms with Gasteiger partial charge in [-0.2, -0.15) is 0 Å². The summed E-state index contributed by atoms with van der Waals surface area (Å²) in [6.07, 6.45) is 0. The van der Waals surface area contributed by atoms with Crippen molar-refractivity contribution in [3.63, 3.8) is 0 Å². The zero-order chi connectivity index (χ0) is 11.6. The zero-order valence-corrected chi connectivity index (χ0v) is 8.77. The highest BCUT2D eigenvalue weighted by Crippen LogP contribution is 2.32. The van der Waals surface area contributed by atoms with Gasteiger partial charge >= 0.3 is 5.97 Å². The second-order valence-electron chi connectivity index (χ2n) is 4.05. The van der Waals surface area contributed by atoms with Gasteiger partial charge in [-0.1, -0.05) is 32.0 Å². The molecule has 1 aromatic carbocycles. The van der Waals surface area contributed by atoms with Gasteiger partial charge in [0.25, 0.3) is 0 Å². The second-order valence-corrected chi connectivity index (χ2v) is 4.05. The van der Waals surface area contributed by atoms with Gasteiger partial charge in [-0.05, 0) is 6.07 Å². The number of hydrogen-bond acceptors (Lipinski definition) is 3. The van der Waals surface area contributed by atoms with E-state index in [0.29, 0.717) is 5.56 Å². The van der Waals surface area contributed by atoms with Gasteiger partial charge in [0.05, 0.1) is 0 Å². The fourth-order valence-corrected chi connectivity index (χ4v) is 1.49. The van der Waals surface area contributed by atoms with E-state index in [2.05, 4.69) is 0 Å². The molecule has 0 aromatic heterocycles. The number of nitrogens with two attached hydrogens (primary N) is 1. The predicted molar refractivity (Wildman–Crippen MR) is 56.7 cm³/mol. The number of aromatic hydroxyl groups is 1. The molecule has 4 N–H and O–H groups in total. The number of aliphatic carboxylic acids is 1. The van der Waals surface area contributed by atoms with Crippen molar-refractivity contribution in [1.29, 1.82) is 0 Å². The number of phenolic OH excluding ortho intramolecular Hbond substituents is 1. The minimum atomic E-state index is -1.08. The predicted octanol–water partition coefficient (Wildman–Crippen LogP) is 1.08. The maximum atomic E-state index is 10.8. The van der Waals surface area contributed by atoms with E-state index in [1.807, 2.05) is 0 Å². The van der Waals surface area contributed by atoms with Crippen molar-refractivity contribution in [1.82, 2.24) is 0 Å². The third kappa shape index (κ3) is 2.10. The molecule has 1 atom stereocenters. The summed E-state index contributed by atoms with van der Waals surface area (Å²) in [4.78, 5) is 10.8. The molecule has 1 aromatic rings. The maximum Gasteiger partial charge on any atom is 0.321 e. The first-order valence-corrected chi connectivity index (χ1v) is 4.64. The molecule has 0 bridgehead atoms. The summed E-state index contributed by atoms with van der Waals surface area (Å²) >= 11 is 0. The molecule has 0 fully saturated rings. The average Bonchev–Trinajstić information content (AvgIpc) is 2.16. The quantitative estimate of drug-likeness (QED) is 0.695. The van der Waals surface area contributed by atoms with E-state index < -0.39 is 17.4 Å². The normalized spacial score (nSPS) is 13.5. The van der Waals surface area contributed by atoms with Crippen molar-refractivity contribution < 1.29 is 15.0 Å². The van der Waals surface area contributed by atoms with E-state index in [9.17, 15) is 9.90 Å². The van der Waals surface area contributed by atoms with Crippen LogP contribution in [-0.2, 0) is 10.2 Å². The number of carboxylic acid groups (broad SMARTS) is 1. The summed E-state index contributed by atoms with van der Waals surface area (Å²) in [6.45, 7) is 3.39. The monoisotopic (exact) mass is 209 g/mol. The molecule has 0 saturated carbocycles. The minimum absolute atomic E-state index is 0.0687. The molecule has 82 valence electrons. The number of carbonyl (C=O) groups is 1. The summed E-state index contributed by atoms with van der Waals surface area (Å²) in [7, 11) is 0. The Morgan fingerprint density at radius 1 is 1.40 bits per heavy atom. The molecule has 0 aliphatic heterocycles. The summed E-state index contributed by atoms with van der Waals surface area (Å²) in [5.74, 6) is -1.01. The lowest BCUT2D eigenvalue weighted by Gasteiger charge is -2.29. The van der Waals surface area contributed by atoms with Crippen LogP contribution >= 0.6 is 0 Å². The van der Waals surface area contributed by atoms with Crippen LogP contribution in [0.3, 0.4) is 0 Å². The fourth-order valence-electron chi connectivity index (χ4n) is 1.49. The van der Waals surface area contributed by atoms with Crippen molar-refractivity contribution in [3.05, 3.63) is 29.8 Å². The van der Waals surface area contributed by atoms with Gasteiger partial charge in [-0.15, -0.1) is 0 Å². The number of hydrogen-bond donors (Lipinski definition) is 3. The Morgan fingerprint density at radius 3 is 2.40 bits per heavy atom. The molecule has 0 amide bonds. The van der Waals surface area contributed by atoms with Crippen LogP contribution in [0.1, 0.15) is 19.4 Å².